The molecule has 234 valence electrons. The van der Waals surface area contributed by atoms with Crippen LogP contribution >= 0.6 is 70.1 Å². The number of aromatic nitrogens is 3. The van der Waals surface area contributed by atoms with Crippen molar-refractivity contribution in [1.82, 2.24) is 15.0 Å². The van der Waals surface area contributed by atoms with Gasteiger partial charge in [0.05, 0.1) is 17.3 Å². The number of hydrogen-bond acceptors (Lipinski definition) is 9. The van der Waals surface area contributed by atoms with Gasteiger partial charge < -0.3 is 16.0 Å². The van der Waals surface area contributed by atoms with E-state index in [4.69, 9.17) is 34.8 Å². The molecule has 0 radical (unpaired) electrons. The van der Waals surface area contributed by atoms with Gasteiger partial charge in [0.1, 0.15) is 0 Å². The van der Waals surface area contributed by atoms with E-state index in [1.807, 2.05) is 39.0 Å². The van der Waals surface area contributed by atoms with Crippen molar-refractivity contribution in [2.24, 2.45) is 0 Å². The molecule has 3 aromatic carbocycles. The molecule has 3 amide bonds. The average molecular weight is 722 g/mol. The molecule has 3 N–H and O–H groups in total. The number of rotatable bonds is 12. The molecule has 0 bridgehead atoms. The molecule has 4 aromatic rings. The van der Waals surface area contributed by atoms with Crippen LogP contribution < -0.4 is 16.0 Å². The number of nitrogens with one attached hydrogen (secondary N) is 3. The molecule has 0 spiro atoms. The van der Waals surface area contributed by atoms with Crippen molar-refractivity contribution < 1.29 is 14.4 Å². The fraction of sp³-hybridized carbons (Fsp3) is 0.200. The summed E-state index contributed by atoms with van der Waals surface area (Å²) in [7, 11) is 0. The molecule has 4 rings (SSSR count). The zero-order valence-corrected chi connectivity index (χ0v) is 29.0. The molecule has 45 heavy (non-hydrogen) atoms. The predicted octanol–water partition coefficient (Wildman–Crippen LogP) is 7.95. The van der Waals surface area contributed by atoms with Gasteiger partial charge in [-0.05, 0) is 73.9 Å². The number of thioether (sulfide) groups is 3. The van der Waals surface area contributed by atoms with Crippen molar-refractivity contribution in [3.05, 3.63) is 86.4 Å². The Balaban J connectivity index is 1.44. The van der Waals surface area contributed by atoms with Crippen molar-refractivity contribution in [2.45, 2.75) is 36.2 Å². The van der Waals surface area contributed by atoms with Crippen LogP contribution in [0.25, 0.3) is 0 Å². The minimum Gasteiger partial charge on any atom is -0.325 e. The predicted molar refractivity (Wildman–Crippen MR) is 186 cm³/mol. The number of hydrogen-bond donors (Lipinski definition) is 3. The largest absolute Gasteiger partial charge is 0.325 e. The second-order valence-electron chi connectivity index (χ2n) is 9.57. The summed E-state index contributed by atoms with van der Waals surface area (Å²) in [4.78, 5) is 51.5. The van der Waals surface area contributed by atoms with Crippen LogP contribution in [0.4, 0.5) is 17.1 Å². The molecule has 0 saturated carbocycles. The lowest BCUT2D eigenvalue weighted by molar-refractivity contribution is -0.114. The minimum atomic E-state index is -0.276. The van der Waals surface area contributed by atoms with Gasteiger partial charge in [-0.25, -0.2) is 0 Å². The zero-order valence-electron chi connectivity index (χ0n) is 24.2. The summed E-state index contributed by atoms with van der Waals surface area (Å²) in [6.45, 7) is 5.60. The fourth-order valence-corrected chi connectivity index (χ4v) is 6.24. The molecule has 0 unspecified atom stereocenters. The first-order valence-electron chi connectivity index (χ1n) is 13.3. The van der Waals surface area contributed by atoms with Crippen LogP contribution in [0.15, 0.2) is 70.1 Å². The van der Waals surface area contributed by atoms with Crippen LogP contribution in [0.3, 0.4) is 0 Å². The lowest BCUT2D eigenvalue weighted by atomic mass is 10.2. The van der Waals surface area contributed by atoms with E-state index in [0.29, 0.717) is 32.1 Å². The summed E-state index contributed by atoms with van der Waals surface area (Å²) in [6.07, 6.45) is 0. The topological polar surface area (TPSA) is 126 Å². The van der Waals surface area contributed by atoms with Gasteiger partial charge in [-0.15, -0.1) is 0 Å². The molecule has 0 aliphatic carbocycles. The standard InChI is InChI=1S/C30H27Cl3N6O3S3/c1-16-4-7-19(31)10-22(16)34-25(40)13-43-28-37-29(44-14-26(41)35-23-11-20(32)8-5-17(23)2)39-30(38-28)45-15-27(42)36-24-12-21(33)9-6-18(24)3/h4-12H,13-15H2,1-3H3,(H,34,40)(H,35,41)(H,36,42). The van der Waals surface area contributed by atoms with E-state index >= 15 is 0 Å². The van der Waals surface area contributed by atoms with Crippen LogP contribution in [-0.4, -0.2) is 49.9 Å². The Morgan fingerprint density at radius 1 is 0.533 bits per heavy atom. The average Bonchev–Trinajstić information content (AvgIpc) is 2.99. The van der Waals surface area contributed by atoms with Crippen LogP contribution in [0, 0.1) is 20.8 Å². The second kappa shape index (κ2) is 16.5. The third-order valence-corrected chi connectivity index (χ3v) is 9.24. The number of carbonyl (C=O) groups is 3. The van der Waals surface area contributed by atoms with Crippen LogP contribution in [0.5, 0.6) is 0 Å². The van der Waals surface area contributed by atoms with Crippen molar-refractivity contribution in [3.63, 3.8) is 0 Å². The highest BCUT2D eigenvalue weighted by molar-refractivity contribution is 8.01. The van der Waals surface area contributed by atoms with E-state index in [1.54, 1.807) is 36.4 Å². The van der Waals surface area contributed by atoms with Crippen molar-refractivity contribution in [2.75, 3.05) is 33.2 Å². The number of benzene rings is 3. The highest BCUT2D eigenvalue weighted by Crippen LogP contribution is 2.26. The van der Waals surface area contributed by atoms with Gasteiger partial charge >= 0.3 is 0 Å². The Morgan fingerprint density at radius 3 is 1.07 bits per heavy atom. The number of aryl methyl sites for hydroxylation is 3. The molecular formula is C30H27Cl3N6O3S3. The normalized spacial score (nSPS) is 10.8. The van der Waals surface area contributed by atoms with Gasteiger partial charge in [0.15, 0.2) is 15.5 Å². The summed E-state index contributed by atoms with van der Waals surface area (Å²) >= 11 is 21.5. The van der Waals surface area contributed by atoms with E-state index in [0.717, 1.165) is 52.0 Å². The van der Waals surface area contributed by atoms with Crippen molar-refractivity contribution >= 4 is 105 Å². The van der Waals surface area contributed by atoms with E-state index in [-0.39, 0.29) is 50.4 Å². The van der Waals surface area contributed by atoms with Gasteiger partial charge in [-0.3, -0.25) is 14.4 Å². The first-order valence-corrected chi connectivity index (χ1v) is 17.4. The molecule has 0 saturated heterocycles. The number of nitrogens with zero attached hydrogens (tertiary/aromatic N) is 3. The SMILES string of the molecule is Cc1ccc(Cl)cc1NC(=O)CSc1nc(SCC(=O)Nc2cc(Cl)ccc2C)nc(SCC(=O)Nc2cc(Cl)ccc2C)n1. The first-order chi connectivity index (χ1) is 21.4. The summed E-state index contributed by atoms with van der Waals surface area (Å²) in [6, 6.07) is 15.7. The van der Waals surface area contributed by atoms with Crippen molar-refractivity contribution in [3.8, 4) is 0 Å². The van der Waals surface area contributed by atoms with Gasteiger partial charge in [0.2, 0.25) is 17.7 Å². The molecular weight excluding hydrogens is 695 g/mol. The van der Waals surface area contributed by atoms with E-state index in [1.165, 1.54) is 0 Å². The van der Waals surface area contributed by atoms with E-state index < -0.39 is 0 Å². The number of anilines is 3. The highest BCUT2D eigenvalue weighted by Gasteiger charge is 2.15. The summed E-state index contributed by atoms with van der Waals surface area (Å²) in [5, 5.41) is 10.9. The van der Waals surface area contributed by atoms with Gasteiger partial charge in [0, 0.05) is 32.1 Å². The molecule has 1 aromatic heterocycles. The Labute approximate surface area is 288 Å². The summed E-state index contributed by atoms with van der Waals surface area (Å²) in [5.74, 6) is -0.807. The smallest absolute Gasteiger partial charge is 0.234 e. The van der Waals surface area contributed by atoms with Gasteiger partial charge in [-0.2, -0.15) is 15.0 Å². The maximum absolute atomic E-state index is 12.7. The number of carbonyl (C=O) groups excluding carboxylic acids is 3. The Morgan fingerprint density at radius 2 is 0.800 bits per heavy atom. The molecule has 15 heteroatoms. The monoisotopic (exact) mass is 720 g/mol. The lowest BCUT2D eigenvalue weighted by Crippen LogP contribution is -2.16. The fourth-order valence-electron chi connectivity index (χ4n) is 3.65. The Kier molecular flexibility index (Phi) is 12.8. The zero-order chi connectivity index (χ0) is 32.5. The second-order valence-corrected chi connectivity index (χ2v) is 13.7. The minimum absolute atomic E-state index is 0.00718. The number of halogens is 3. The molecule has 0 aliphatic rings. The van der Waals surface area contributed by atoms with E-state index in [2.05, 4.69) is 30.9 Å². The van der Waals surface area contributed by atoms with Crippen LogP contribution in [-0.2, 0) is 14.4 Å². The Bertz CT molecular complexity index is 1530. The lowest BCUT2D eigenvalue weighted by Gasteiger charge is -2.10. The molecule has 0 atom stereocenters. The molecule has 0 fully saturated rings. The van der Waals surface area contributed by atoms with E-state index in [9.17, 15) is 14.4 Å². The molecule has 9 nitrogen and oxygen atoms in total. The van der Waals surface area contributed by atoms with Crippen LogP contribution in [0.2, 0.25) is 15.1 Å². The summed E-state index contributed by atoms with van der Waals surface area (Å²) in [5.41, 5.74) is 4.43. The third kappa shape index (κ3) is 11.1. The number of amides is 3. The van der Waals surface area contributed by atoms with Gasteiger partial charge in [-0.1, -0.05) is 88.3 Å². The van der Waals surface area contributed by atoms with Crippen molar-refractivity contribution in [1.29, 1.82) is 0 Å². The third-order valence-electron chi connectivity index (χ3n) is 5.99. The maximum Gasteiger partial charge on any atom is 0.234 e. The van der Waals surface area contributed by atoms with Gasteiger partial charge in [0.25, 0.3) is 0 Å². The van der Waals surface area contributed by atoms with Crippen LogP contribution in [0.1, 0.15) is 16.7 Å². The highest BCUT2D eigenvalue weighted by atomic mass is 35.5. The molecule has 0 aliphatic heterocycles. The quantitative estimate of drug-likeness (QED) is 0.125. The molecule has 1 heterocycles. The first kappa shape index (κ1) is 34.9. The summed E-state index contributed by atoms with van der Waals surface area (Å²) < 4.78 is 0. The Hall–Kier alpha value is -3.00. The maximum atomic E-state index is 12.7.